The van der Waals surface area contributed by atoms with Crippen LogP contribution in [0.4, 0.5) is 0 Å². The number of amides is 1. The second kappa shape index (κ2) is 8.57. The van der Waals surface area contributed by atoms with Crippen LogP contribution >= 0.6 is 23.1 Å². The summed E-state index contributed by atoms with van der Waals surface area (Å²) in [4.78, 5) is 20.7. The lowest BCUT2D eigenvalue weighted by Gasteiger charge is -2.33. The van der Waals surface area contributed by atoms with Crippen LogP contribution in [0.25, 0.3) is 10.4 Å². The van der Waals surface area contributed by atoms with Gasteiger partial charge in [-0.2, -0.15) is 0 Å². The highest BCUT2D eigenvalue weighted by atomic mass is 32.2. The molecule has 0 spiro atoms. The fourth-order valence-corrected chi connectivity index (χ4v) is 4.88. The van der Waals surface area contributed by atoms with Gasteiger partial charge in [0.05, 0.1) is 6.04 Å². The van der Waals surface area contributed by atoms with E-state index in [1.165, 1.54) is 16.6 Å². The normalized spacial score (nSPS) is 16.4. The van der Waals surface area contributed by atoms with Gasteiger partial charge in [0.15, 0.2) is 11.6 Å². The van der Waals surface area contributed by atoms with E-state index in [9.17, 15) is 4.79 Å². The van der Waals surface area contributed by atoms with E-state index in [1.54, 1.807) is 11.3 Å². The van der Waals surface area contributed by atoms with Crippen molar-refractivity contribution in [3.8, 4) is 10.4 Å². The van der Waals surface area contributed by atoms with E-state index in [-0.39, 0.29) is 11.9 Å². The number of thiophene rings is 1. The molecule has 4 rings (SSSR count). The van der Waals surface area contributed by atoms with Gasteiger partial charge >= 0.3 is 0 Å². The molecule has 0 radical (unpaired) electrons. The molecule has 1 amide bonds. The van der Waals surface area contributed by atoms with Gasteiger partial charge in [-0.3, -0.25) is 4.79 Å². The Morgan fingerprint density at radius 2 is 2.00 bits per heavy atom. The van der Waals surface area contributed by atoms with E-state index in [2.05, 4.69) is 37.8 Å². The Morgan fingerprint density at radius 3 is 2.63 bits per heavy atom. The van der Waals surface area contributed by atoms with Crippen molar-refractivity contribution in [1.82, 2.24) is 19.7 Å². The van der Waals surface area contributed by atoms with Crippen LogP contribution in [0.2, 0.25) is 0 Å². The summed E-state index contributed by atoms with van der Waals surface area (Å²) >= 11 is 3.21. The molecule has 3 heterocycles. The molecular formula is C22H23N5OS2. The molecule has 30 heavy (non-hydrogen) atoms. The molecule has 1 atom stereocenters. The number of aliphatic imine (C=N–C) groups is 1. The van der Waals surface area contributed by atoms with Gasteiger partial charge in [0, 0.05) is 29.2 Å². The summed E-state index contributed by atoms with van der Waals surface area (Å²) in [5.74, 6) is 1.53. The Kier molecular flexibility index (Phi) is 5.87. The van der Waals surface area contributed by atoms with Crippen molar-refractivity contribution < 1.29 is 4.79 Å². The van der Waals surface area contributed by atoms with Crippen molar-refractivity contribution in [2.24, 2.45) is 4.99 Å². The molecule has 0 saturated heterocycles. The maximum absolute atomic E-state index is 13.2. The first kappa shape index (κ1) is 20.6. The van der Waals surface area contributed by atoms with Crippen LogP contribution in [0.15, 0.2) is 59.0 Å². The summed E-state index contributed by atoms with van der Waals surface area (Å²) in [5.41, 5.74) is 2.53. The minimum atomic E-state index is -0.169. The van der Waals surface area contributed by atoms with Gasteiger partial charge in [-0.15, -0.1) is 33.3 Å². The molecule has 0 fully saturated rings. The van der Waals surface area contributed by atoms with Crippen LogP contribution < -0.4 is 0 Å². The molecule has 1 aliphatic rings. The van der Waals surface area contributed by atoms with Gasteiger partial charge in [0.25, 0.3) is 5.91 Å². The van der Waals surface area contributed by atoms with Gasteiger partial charge in [0.2, 0.25) is 0 Å². The van der Waals surface area contributed by atoms with Gasteiger partial charge in [-0.1, -0.05) is 24.8 Å². The van der Waals surface area contributed by atoms with Gasteiger partial charge in [-0.05, 0) is 49.2 Å². The van der Waals surface area contributed by atoms with Crippen molar-refractivity contribution in [2.75, 3.05) is 12.8 Å². The molecule has 3 aromatic rings. The lowest BCUT2D eigenvalue weighted by molar-refractivity contribution is 0.0637. The lowest BCUT2D eigenvalue weighted by Crippen LogP contribution is -2.41. The lowest BCUT2D eigenvalue weighted by atomic mass is 10.1. The number of nitrogens with zero attached hydrogens (tertiary/aromatic N) is 5. The van der Waals surface area contributed by atoms with Crippen molar-refractivity contribution in [2.45, 2.75) is 26.4 Å². The summed E-state index contributed by atoms with van der Waals surface area (Å²) in [6.07, 6.45) is 1.96. The first-order valence-corrected chi connectivity index (χ1v) is 11.8. The van der Waals surface area contributed by atoms with Crippen LogP contribution in [0.3, 0.4) is 0 Å². The van der Waals surface area contributed by atoms with Crippen molar-refractivity contribution >= 4 is 34.0 Å². The van der Waals surface area contributed by atoms with Crippen molar-refractivity contribution in [3.05, 3.63) is 71.3 Å². The number of aromatic nitrogens is 3. The Labute approximate surface area is 184 Å². The zero-order valence-corrected chi connectivity index (χ0v) is 18.8. The molecule has 8 heteroatoms. The van der Waals surface area contributed by atoms with E-state index in [0.717, 1.165) is 28.0 Å². The minimum Gasteiger partial charge on any atom is -0.327 e. The fourth-order valence-electron chi connectivity index (χ4n) is 3.57. The summed E-state index contributed by atoms with van der Waals surface area (Å²) in [7, 11) is 0. The average molecular weight is 438 g/mol. The van der Waals surface area contributed by atoms with Gasteiger partial charge in [-0.25, -0.2) is 4.99 Å². The van der Waals surface area contributed by atoms with Crippen molar-refractivity contribution in [3.63, 3.8) is 0 Å². The van der Waals surface area contributed by atoms with Crippen LogP contribution in [-0.4, -0.2) is 43.4 Å². The van der Waals surface area contributed by atoms with E-state index in [4.69, 9.17) is 0 Å². The monoisotopic (exact) mass is 437 g/mol. The first-order valence-electron chi connectivity index (χ1n) is 9.66. The molecular weight excluding hydrogens is 414 g/mol. The molecule has 6 nitrogen and oxygen atoms in total. The number of hydrogen-bond acceptors (Lipinski definition) is 6. The molecule has 1 aromatic carbocycles. The van der Waals surface area contributed by atoms with Gasteiger partial charge < -0.3 is 9.47 Å². The molecule has 0 unspecified atom stereocenters. The molecule has 2 aromatic heterocycles. The molecule has 0 saturated carbocycles. The van der Waals surface area contributed by atoms with Crippen LogP contribution in [-0.2, 0) is 6.54 Å². The quantitative estimate of drug-likeness (QED) is 0.432. The molecule has 154 valence electrons. The second-order valence-electron chi connectivity index (χ2n) is 7.12. The molecule has 0 bridgehead atoms. The maximum Gasteiger partial charge on any atom is 0.254 e. The minimum absolute atomic E-state index is 0.0109. The third kappa shape index (κ3) is 3.85. The second-order valence-corrected chi connectivity index (χ2v) is 8.86. The standard InChI is InChI=1S/C22H23N5OS2/c1-14(2)23-21(29-4)20-25-24-19-15(3)26(11-12-27(19)20)22(28)17-9-7-16(8-10-17)18-6-5-13-30-18/h5-10,13,15H,1,11-12H2,2-4H3/t15-/m1/s1. The predicted octanol–water partition coefficient (Wildman–Crippen LogP) is 4.87. The van der Waals surface area contributed by atoms with E-state index >= 15 is 0 Å². The zero-order chi connectivity index (χ0) is 21.3. The highest BCUT2D eigenvalue weighted by Gasteiger charge is 2.32. The average Bonchev–Trinajstić information content (AvgIpc) is 3.42. The third-order valence-corrected chi connectivity index (χ3v) is 6.64. The number of carbonyl (C=O) groups is 1. The van der Waals surface area contributed by atoms with Crippen LogP contribution in [0.5, 0.6) is 0 Å². The fraction of sp³-hybridized carbons (Fsp3) is 0.273. The Balaban J connectivity index is 1.57. The largest absolute Gasteiger partial charge is 0.327 e. The topological polar surface area (TPSA) is 63.4 Å². The smallest absolute Gasteiger partial charge is 0.254 e. The number of hydrogen-bond donors (Lipinski definition) is 0. The zero-order valence-electron chi connectivity index (χ0n) is 17.2. The van der Waals surface area contributed by atoms with Gasteiger partial charge in [0.1, 0.15) is 5.04 Å². The summed E-state index contributed by atoms with van der Waals surface area (Å²) < 4.78 is 2.06. The van der Waals surface area contributed by atoms with E-state index < -0.39 is 0 Å². The summed E-state index contributed by atoms with van der Waals surface area (Å²) in [5, 5.41) is 11.6. The first-order chi connectivity index (χ1) is 14.5. The number of thioether (sulfide) groups is 1. The Bertz CT molecular complexity index is 1100. The number of benzene rings is 1. The summed E-state index contributed by atoms with van der Waals surface area (Å²) in [6.45, 7) is 8.95. The number of rotatable bonds is 4. The van der Waals surface area contributed by atoms with Crippen LogP contribution in [0.1, 0.15) is 41.9 Å². The highest BCUT2D eigenvalue weighted by Crippen LogP contribution is 2.29. The Morgan fingerprint density at radius 1 is 1.23 bits per heavy atom. The SMILES string of the molecule is C=C(C)N=C(SC)c1nnc2n1CCN(C(=O)c1ccc(-c3cccs3)cc1)[C@@H]2C. The van der Waals surface area contributed by atoms with Crippen LogP contribution in [0, 0.1) is 0 Å². The number of fused-ring (bicyclic) bond motifs is 1. The van der Waals surface area contributed by atoms with E-state index in [0.29, 0.717) is 18.7 Å². The number of carbonyl (C=O) groups excluding carboxylic acids is 1. The molecule has 0 N–H and O–H groups in total. The summed E-state index contributed by atoms with van der Waals surface area (Å²) in [6, 6.07) is 11.8. The Hall–Kier alpha value is -2.71. The number of allylic oxidation sites excluding steroid dienone is 1. The maximum atomic E-state index is 13.2. The predicted molar refractivity (Wildman–Crippen MR) is 124 cm³/mol. The molecule has 1 aliphatic heterocycles. The molecule has 0 aliphatic carbocycles. The third-order valence-electron chi connectivity index (χ3n) is 5.06. The highest BCUT2D eigenvalue weighted by molar-refractivity contribution is 8.13. The van der Waals surface area contributed by atoms with E-state index in [1.807, 2.05) is 55.3 Å². The van der Waals surface area contributed by atoms with Crippen molar-refractivity contribution in [1.29, 1.82) is 0 Å².